The van der Waals surface area contributed by atoms with Gasteiger partial charge in [-0.1, -0.05) is 18.2 Å². The number of ether oxygens (including phenoxy) is 1. The molecule has 1 aliphatic rings. The van der Waals surface area contributed by atoms with Gasteiger partial charge in [-0.25, -0.2) is 19.6 Å². The molecule has 1 aromatic carbocycles. The molecule has 0 spiro atoms. The summed E-state index contributed by atoms with van der Waals surface area (Å²) in [5.74, 6) is 1.23. The number of anilines is 2. The largest absolute Gasteiger partial charge is 0.453 e. The average Bonchev–Trinajstić information content (AvgIpc) is 3.62. The van der Waals surface area contributed by atoms with E-state index < -0.39 is 6.09 Å². The van der Waals surface area contributed by atoms with Gasteiger partial charge in [-0.05, 0) is 31.4 Å². The van der Waals surface area contributed by atoms with E-state index in [1.807, 2.05) is 60.4 Å². The van der Waals surface area contributed by atoms with Gasteiger partial charge in [-0.2, -0.15) is 5.10 Å². The zero-order valence-electron chi connectivity index (χ0n) is 21.4. The zero-order valence-corrected chi connectivity index (χ0v) is 21.4. The topological polar surface area (TPSA) is 121 Å². The van der Waals surface area contributed by atoms with Crippen molar-refractivity contribution >= 4 is 39.7 Å². The van der Waals surface area contributed by atoms with Gasteiger partial charge in [0.15, 0.2) is 0 Å². The number of alkyl carbamates (subject to hydrolysis) is 1. The maximum atomic E-state index is 13.2. The summed E-state index contributed by atoms with van der Waals surface area (Å²) in [7, 11) is 4.99. The molecule has 0 saturated heterocycles. The minimum absolute atomic E-state index is 0.0372. The maximum Gasteiger partial charge on any atom is 0.407 e. The number of para-hydroxylation sites is 1. The van der Waals surface area contributed by atoms with Gasteiger partial charge >= 0.3 is 11.8 Å². The Morgan fingerprint density at radius 1 is 1.08 bits per heavy atom. The van der Waals surface area contributed by atoms with Crippen molar-refractivity contribution in [2.24, 2.45) is 14.1 Å². The van der Waals surface area contributed by atoms with Gasteiger partial charge in [0.1, 0.15) is 11.6 Å². The third-order valence-electron chi connectivity index (χ3n) is 7.25. The molecule has 0 unspecified atom stereocenters. The molecular formula is C27H28N8O3. The van der Waals surface area contributed by atoms with Crippen LogP contribution in [0.25, 0.3) is 33.1 Å². The van der Waals surface area contributed by atoms with Crippen molar-refractivity contribution in [1.29, 1.82) is 0 Å². The Labute approximate surface area is 218 Å². The quantitative estimate of drug-likeness (QED) is 0.367. The number of carbonyl (C=O) groups is 1. The maximum absolute atomic E-state index is 13.2. The van der Waals surface area contributed by atoms with Crippen LogP contribution in [0.1, 0.15) is 25.3 Å². The molecule has 1 aliphatic carbocycles. The lowest BCUT2D eigenvalue weighted by Gasteiger charge is -2.14. The molecule has 4 heterocycles. The summed E-state index contributed by atoms with van der Waals surface area (Å²) in [6.07, 6.45) is 7.26. The molecular weight excluding hydrogens is 484 g/mol. The molecule has 11 nitrogen and oxygen atoms in total. The predicted molar refractivity (Wildman–Crippen MR) is 144 cm³/mol. The van der Waals surface area contributed by atoms with Crippen molar-refractivity contribution in [2.75, 3.05) is 12.4 Å². The van der Waals surface area contributed by atoms with Gasteiger partial charge in [0.2, 0.25) is 0 Å². The van der Waals surface area contributed by atoms with E-state index in [1.165, 1.54) is 7.11 Å². The molecule has 1 amide bonds. The monoisotopic (exact) mass is 512 g/mol. The number of aromatic nitrogens is 6. The summed E-state index contributed by atoms with van der Waals surface area (Å²) in [5, 5.41) is 11.5. The third-order valence-corrected chi connectivity index (χ3v) is 7.25. The van der Waals surface area contributed by atoms with E-state index in [1.54, 1.807) is 22.5 Å². The fourth-order valence-corrected chi connectivity index (χ4v) is 5.37. The predicted octanol–water partition coefficient (Wildman–Crippen LogP) is 3.88. The number of imidazole rings is 1. The normalized spacial score (nSPS) is 17.2. The number of hydrogen-bond donors (Lipinski definition) is 2. The number of rotatable bonds is 5. The van der Waals surface area contributed by atoms with Crippen LogP contribution in [0.4, 0.5) is 16.4 Å². The van der Waals surface area contributed by atoms with Crippen LogP contribution in [0.3, 0.4) is 0 Å². The van der Waals surface area contributed by atoms with Gasteiger partial charge in [-0.15, -0.1) is 0 Å². The minimum Gasteiger partial charge on any atom is -0.453 e. The van der Waals surface area contributed by atoms with Crippen LogP contribution in [0.15, 0.2) is 59.8 Å². The number of nitrogens with one attached hydrogen (secondary N) is 2. The van der Waals surface area contributed by atoms with Gasteiger partial charge in [-0.3, -0.25) is 13.8 Å². The smallest absolute Gasteiger partial charge is 0.407 e. The third kappa shape index (κ3) is 4.15. The summed E-state index contributed by atoms with van der Waals surface area (Å²) in [4.78, 5) is 34.3. The second-order valence-corrected chi connectivity index (χ2v) is 9.67. The van der Waals surface area contributed by atoms with E-state index >= 15 is 0 Å². The molecule has 0 radical (unpaired) electrons. The molecule has 2 atom stereocenters. The minimum atomic E-state index is -0.453. The van der Waals surface area contributed by atoms with Crippen LogP contribution < -0.4 is 16.3 Å². The van der Waals surface area contributed by atoms with Crippen LogP contribution in [-0.4, -0.2) is 48.1 Å². The highest BCUT2D eigenvalue weighted by molar-refractivity contribution is 5.94. The van der Waals surface area contributed by atoms with Crippen molar-refractivity contribution in [3.05, 3.63) is 65.5 Å². The number of nitrogens with zero attached hydrogens (tertiary/aromatic N) is 6. The molecule has 194 valence electrons. The van der Waals surface area contributed by atoms with E-state index in [0.29, 0.717) is 18.1 Å². The number of carbonyl (C=O) groups excluding carboxylic acids is 1. The first-order valence-corrected chi connectivity index (χ1v) is 12.5. The molecule has 1 saturated carbocycles. The summed E-state index contributed by atoms with van der Waals surface area (Å²) in [5.41, 5.74) is 4.28. The van der Waals surface area contributed by atoms with Crippen molar-refractivity contribution < 1.29 is 9.53 Å². The van der Waals surface area contributed by atoms with Crippen molar-refractivity contribution in [1.82, 2.24) is 34.2 Å². The number of amides is 1. The molecule has 11 heteroatoms. The number of pyridine rings is 2. The van der Waals surface area contributed by atoms with E-state index in [0.717, 1.165) is 45.9 Å². The van der Waals surface area contributed by atoms with Gasteiger partial charge in [0, 0.05) is 55.0 Å². The van der Waals surface area contributed by atoms with E-state index in [9.17, 15) is 9.59 Å². The van der Waals surface area contributed by atoms with Gasteiger partial charge < -0.3 is 15.4 Å². The average molecular weight is 513 g/mol. The summed E-state index contributed by atoms with van der Waals surface area (Å²) < 4.78 is 9.93. The number of methoxy groups -OCH3 is 1. The Morgan fingerprint density at radius 2 is 1.95 bits per heavy atom. The highest BCUT2D eigenvalue weighted by atomic mass is 16.5. The standard InChI is InChI=1S/C27H28N8O3/c1-33-15-17(13-29-33)20-6-4-5-16-7-10-23(32-25(16)20)31-24-12-21-22(14-28-24)34(2)27(37)35(21)19-9-8-18(11-19)30-26(36)38-3/h4-7,10,12-15,18-19H,8-9,11H2,1-3H3,(H,30,36)(H,28,31,32)/t18-,19-/m1/s1. The van der Waals surface area contributed by atoms with Crippen LogP contribution in [0, 0.1) is 0 Å². The molecule has 1 fully saturated rings. The first-order valence-electron chi connectivity index (χ1n) is 12.5. The fourth-order valence-electron chi connectivity index (χ4n) is 5.37. The van der Waals surface area contributed by atoms with E-state index in [-0.39, 0.29) is 17.8 Å². The SMILES string of the molecule is COC(=O)N[C@@H]1CC[C@@H](n2c(=O)n(C)c3cnc(Nc4ccc5cccc(-c6cnn(C)c6)c5n4)cc32)C1. The molecule has 0 aliphatic heterocycles. The van der Waals surface area contributed by atoms with Crippen molar-refractivity contribution in [3.8, 4) is 11.1 Å². The lowest BCUT2D eigenvalue weighted by atomic mass is 10.1. The Morgan fingerprint density at radius 3 is 2.74 bits per heavy atom. The van der Waals surface area contributed by atoms with Crippen molar-refractivity contribution in [3.63, 3.8) is 0 Å². The summed E-state index contributed by atoms with van der Waals surface area (Å²) in [6.45, 7) is 0. The van der Waals surface area contributed by atoms with Crippen LogP contribution in [0.2, 0.25) is 0 Å². The molecule has 4 aromatic heterocycles. The van der Waals surface area contributed by atoms with Gasteiger partial charge in [0.05, 0.1) is 36.1 Å². The fraction of sp³-hybridized carbons (Fsp3) is 0.296. The second kappa shape index (κ2) is 9.33. The number of fused-ring (bicyclic) bond motifs is 2. The highest BCUT2D eigenvalue weighted by Gasteiger charge is 2.30. The molecule has 38 heavy (non-hydrogen) atoms. The molecule has 0 bridgehead atoms. The van der Waals surface area contributed by atoms with Crippen LogP contribution >= 0.6 is 0 Å². The molecule has 6 rings (SSSR count). The van der Waals surface area contributed by atoms with Gasteiger partial charge in [0.25, 0.3) is 0 Å². The Bertz CT molecular complexity index is 1730. The Balaban J connectivity index is 1.33. The number of benzene rings is 1. The molecule has 5 aromatic rings. The molecule has 2 N–H and O–H groups in total. The van der Waals surface area contributed by atoms with Crippen LogP contribution in [0.5, 0.6) is 0 Å². The van der Waals surface area contributed by atoms with Crippen LogP contribution in [-0.2, 0) is 18.8 Å². The summed E-state index contributed by atoms with van der Waals surface area (Å²) >= 11 is 0. The first-order chi connectivity index (χ1) is 18.4. The Hall–Kier alpha value is -4.67. The second-order valence-electron chi connectivity index (χ2n) is 9.67. The first kappa shape index (κ1) is 23.7. The van der Waals surface area contributed by atoms with E-state index in [2.05, 4.69) is 20.7 Å². The lowest BCUT2D eigenvalue weighted by molar-refractivity contribution is 0.166. The summed E-state index contributed by atoms with van der Waals surface area (Å²) in [6, 6.07) is 11.8. The number of hydrogen-bond acceptors (Lipinski definition) is 7. The zero-order chi connectivity index (χ0) is 26.4. The Kier molecular flexibility index (Phi) is 5.82. The lowest BCUT2D eigenvalue weighted by Crippen LogP contribution is -2.33. The number of aryl methyl sites for hydroxylation is 2. The van der Waals surface area contributed by atoms with E-state index in [4.69, 9.17) is 9.72 Å². The highest BCUT2D eigenvalue weighted by Crippen LogP contribution is 2.33. The van der Waals surface area contributed by atoms with Crippen molar-refractivity contribution in [2.45, 2.75) is 31.3 Å².